The molecular weight excluding hydrogens is 695 g/mol. The standard InChI is InChI=1S/C48H92Cl2O3/c1-3-5-7-9-27-33-39-47(41-35-29-23-19-15-11-13-17-21-25-31-37-43-49)52-45-51-46-53-48(40-34-28-10-8-6-4-2)42-36-30-24-20-16-12-14-18-22-26-32-38-44-50/h23-24,29-30,47-48H,3-22,25-28,31-46H2,1-2H3. The number of ether oxygens (including phenoxy) is 3. The number of alkyl halides is 2. The summed E-state index contributed by atoms with van der Waals surface area (Å²) in [5.74, 6) is 1.63. The van der Waals surface area contributed by atoms with Gasteiger partial charge in [-0.15, -0.1) is 23.2 Å². The first-order valence-electron chi connectivity index (χ1n) is 23.5. The SMILES string of the molecule is CCCCCCCCC(CCC=CCCCCCCCCCCCl)OCOCOC(CCC=CCCCCCCCCCCCl)CCCCCCCC. The van der Waals surface area contributed by atoms with Gasteiger partial charge in [0, 0.05) is 11.8 Å². The molecule has 0 aromatic carbocycles. The molecule has 0 heterocycles. The van der Waals surface area contributed by atoms with Crippen LogP contribution in [0.5, 0.6) is 0 Å². The summed E-state index contributed by atoms with van der Waals surface area (Å²) in [5, 5.41) is 0. The van der Waals surface area contributed by atoms with Gasteiger partial charge in [-0.1, -0.05) is 192 Å². The zero-order chi connectivity index (χ0) is 38.4. The summed E-state index contributed by atoms with van der Waals surface area (Å²) in [6, 6.07) is 0. The zero-order valence-electron chi connectivity index (χ0n) is 35.7. The van der Waals surface area contributed by atoms with E-state index < -0.39 is 0 Å². The number of halogens is 2. The molecule has 0 aliphatic heterocycles. The molecule has 0 N–H and O–H groups in total. The molecule has 0 saturated heterocycles. The van der Waals surface area contributed by atoms with Gasteiger partial charge < -0.3 is 14.2 Å². The molecule has 5 heteroatoms. The fourth-order valence-corrected chi connectivity index (χ4v) is 7.50. The third-order valence-corrected chi connectivity index (χ3v) is 11.2. The maximum atomic E-state index is 6.32. The van der Waals surface area contributed by atoms with E-state index >= 15 is 0 Å². The van der Waals surface area contributed by atoms with Gasteiger partial charge in [0.15, 0.2) is 0 Å². The van der Waals surface area contributed by atoms with E-state index in [2.05, 4.69) is 38.2 Å². The van der Waals surface area contributed by atoms with E-state index in [4.69, 9.17) is 37.4 Å². The Hall–Kier alpha value is -0.0600. The van der Waals surface area contributed by atoms with E-state index in [1.807, 2.05) is 0 Å². The van der Waals surface area contributed by atoms with Gasteiger partial charge in [0.1, 0.15) is 13.6 Å². The van der Waals surface area contributed by atoms with E-state index in [-0.39, 0.29) is 12.2 Å². The van der Waals surface area contributed by atoms with Gasteiger partial charge in [-0.25, -0.2) is 0 Å². The van der Waals surface area contributed by atoms with Crippen LogP contribution in [0.4, 0.5) is 0 Å². The third kappa shape index (κ3) is 44.5. The molecule has 2 unspecified atom stereocenters. The Morgan fingerprint density at radius 1 is 0.340 bits per heavy atom. The fraction of sp³-hybridized carbons (Fsp3) is 0.917. The molecule has 2 atom stereocenters. The number of hydrogen-bond donors (Lipinski definition) is 0. The highest BCUT2D eigenvalue weighted by atomic mass is 35.5. The molecule has 0 aromatic heterocycles. The molecule has 0 aliphatic carbocycles. The maximum absolute atomic E-state index is 6.32. The summed E-state index contributed by atoms with van der Waals surface area (Å²) in [5.41, 5.74) is 0. The highest BCUT2D eigenvalue weighted by Crippen LogP contribution is 2.18. The highest BCUT2D eigenvalue weighted by molar-refractivity contribution is 6.18. The monoisotopic (exact) mass is 787 g/mol. The van der Waals surface area contributed by atoms with E-state index in [1.54, 1.807) is 0 Å². The Labute approximate surface area is 342 Å². The highest BCUT2D eigenvalue weighted by Gasteiger charge is 2.11. The zero-order valence-corrected chi connectivity index (χ0v) is 37.2. The number of allylic oxidation sites excluding steroid dienone is 4. The van der Waals surface area contributed by atoms with Crippen LogP contribution >= 0.6 is 23.2 Å². The van der Waals surface area contributed by atoms with Crippen LogP contribution in [0.25, 0.3) is 0 Å². The van der Waals surface area contributed by atoms with Crippen molar-refractivity contribution >= 4 is 23.2 Å². The van der Waals surface area contributed by atoms with Gasteiger partial charge in [-0.3, -0.25) is 0 Å². The molecule has 0 bridgehead atoms. The van der Waals surface area contributed by atoms with E-state index in [1.165, 1.54) is 193 Å². The van der Waals surface area contributed by atoms with Gasteiger partial charge >= 0.3 is 0 Å². The van der Waals surface area contributed by atoms with Crippen LogP contribution in [-0.2, 0) is 14.2 Å². The molecule has 316 valence electrons. The van der Waals surface area contributed by atoms with Crippen molar-refractivity contribution in [1.82, 2.24) is 0 Å². The van der Waals surface area contributed by atoms with Crippen molar-refractivity contribution in [2.75, 3.05) is 25.3 Å². The first-order valence-corrected chi connectivity index (χ1v) is 24.6. The summed E-state index contributed by atoms with van der Waals surface area (Å²) >= 11 is 11.6. The minimum atomic E-state index is 0.273. The third-order valence-electron chi connectivity index (χ3n) is 10.7. The molecule has 0 saturated carbocycles. The molecule has 0 rings (SSSR count). The van der Waals surface area contributed by atoms with E-state index in [0.29, 0.717) is 13.6 Å². The first-order chi connectivity index (χ1) is 26.3. The summed E-state index contributed by atoms with van der Waals surface area (Å²) in [6.07, 6.45) is 56.3. The van der Waals surface area contributed by atoms with Gasteiger partial charge in [0.25, 0.3) is 0 Å². The molecule has 53 heavy (non-hydrogen) atoms. The van der Waals surface area contributed by atoms with Crippen molar-refractivity contribution < 1.29 is 14.2 Å². The normalized spacial score (nSPS) is 13.2. The van der Waals surface area contributed by atoms with Crippen LogP contribution in [-0.4, -0.2) is 37.6 Å². The van der Waals surface area contributed by atoms with Crippen LogP contribution in [0.2, 0.25) is 0 Å². The Balaban J connectivity index is 4.44. The van der Waals surface area contributed by atoms with Crippen LogP contribution in [0.1, 0.15) is 245 Å². The van der Waals surface area contributed by atoms with Crippen LogP contribution < -0.4 is 0 Å². The topological polar surface area (TPSA) is 27.7 Å². The predicted molar refractivity (Wildman–Crippen MR) is 238 cm³/mol. The molecule has 0 aromatic rings. The largest absolute Gasteiger partial charge is 0.352 e. The average Bonchev–Trinajstić information content (AvgIpc) is 3.17. The Kier molecular flexibility index (Phi) is 48.0. The summed E-state index contributed by atoms with van der Waals surface area (Å²) in [4.78, 5) is 0. The van der Waals surface area contributed by atoms with Crippen LogP contribution in [0, 0.1) is 0 Å². The summed E-state index contributed by atoms with van der Waals surface area (Å²) < 4.78 is 18.6. The molecule has 0 amide bonds. The molecule has 0 fully saturated rings. The van der Waals surface area contributed by atoms with Gasteiger partial charge in [-0.2, -0.15) is 0 Å². The average molecular weight is 788 g/mol. The summed E-state index contributed by atoms with van der Waals surface area (Å²) in [6.45, 7) is 5.26. The number of hydrogen-bond acceptors (Lipinski definition) is 3. The van der Waals surface area contributed by atoms with Crippen molar-refractivity contribution in [3.05, 3.63) is 24.3 Å². The predicted octanol–water partition coefficient (Wildman–Crippen LogP) is 17.4. The second-order valence-corrected chi connectivity index (χ2v) is 16.6. The Morgan fingerprint density at radius 2 is 0.642 bits per heavy atom. The molecular formula is C48H92Cl2O3. The number of unbranched alkanes of at least 4 members (excludes halogenated alkanes) is 26. The Bertz CT molecular complexity index is 657. The molecule has 0 spiro atoms. The van der Waals surface area contributed by atoms with Gasteiger partial charge in [0.2, 0.25) is 0 Å². The van der Waals surface area contributed by atoms with Crippen LogP contribution in [0.15, 0.2) is 24.3 Å². The maximum Gasteiger partial charge on any atom is 0.149 e. The van der Waals surface area contributed by atoms with Gasteiger partial charge in [-0.05, 0) is 77.0 Å². The first kappa shape index (κ1) is 52.9. The lowest BCUT2D eigenvalue weighted by atomic mass is 10.0. The lowest BCUT2D eigenvalue weighted by Gasteiger charge is -2.20. The quantitative estimate of drug-likeness (QED) is 0.0266. The molecule has 3 nitrogen and oxygen atoms in total. The van der Waals surface area contributed by atoms with E-state index in [0.717, 1.165) is 50.3 Å². The van der Waals surface area contributed by atoms with Crippen molar-refractivity contribution in [3.63, 3.8) is 0 Å². The second kappa shape index (κ2) is 48.1. The lowest BCUT2D eigenvalue weighted by Crippen LogP contribution is -2.19. The van der Waals surface area contributed by atoms with E-state index in [9.17, 15) is 0 Å². The van der Waals surface area contributed by atoms with Crippen molar-refractivity contribution in [2.24, 2.45) is 0 Å². The fourth-order valence-electron chi connectivity index (χ4n) is 7.12. The summed E-state index contributed by atoms with van der Waals surface area (Å²) in [7, 11) is 0. The van der Waals surface area contributed by atoms with Crippen molar-refractivity contribution in [2.45, 2.75) is 257 Å². The minimum Gasteiger partial charge on any atom is -0.352 e. The molecule has 0 aliphatic rings. The minimum absolute atomic E-state index is 0.273. The van der Waals surface area contributed by atoms with Crippen molar-refractivity contribution in [3.8, 4) is 0 Å². The molecule has 0 radical (unpaired) electrons. The number of rotatable bonds is 46. The lowest BCUT2D eigenvalue weighted by molar-refractivity contribution is -0.167. The van der Waals surface area contributed by atoms with Crippen LogP contribution in [0.3, 0.4) is 0 Å². The second-order valence-electron chi connectivity index (χ2n) is 15.8. The Morgan fingerprint density at radius 3 is 1.00 bits per heavy atom. The smallest absolute Gasteiger partial charge is 0.149 e. The van der Waals surface area contributed by atoms with Crippen molar-refractivity contribution in [1.29, 1.82) is 0 Å². The van der Waals surface area contributed by atoms with Gasteiger partial charge in [0.05, 0.1) is 12.2 Å².